The van der Waals surface area contributed by atoms with Gasteiger partial charge in [0.25, 0.3) is 5.91 Å². The summed E-state index contributed by atoms with van der Waals surface area (Å²) in [4.78, 5) is 14.4. The standard InChI is InChI=1S/C17H22F3NO3/c1-3-21(14-8-10-24-11-9-14)15(22)12-4-6-13(7-5-12)16(2,23)17(18,19)20/h4-7,14,23H,3,8-11H2,1-2H3. The van der Waals surface area contributed by atoms with Gasteiger partial charge in [-0.3, -0.25) is 4.79 Å². The Labute approximate surface area is 139 Å². The van der Waals surface area contributed by atoms with Crippen molar-refractivity contribution in [2.45, 2.75) is 44.5 Å². The number of alkyl halides is 3. The maximum absolute atomic E-state index is 12.9. The summed E-state index contributed by atoms with van der Waals surface area (Å²) in [5.74, 6) is -0.220. The quantitative estimate of drug-likeness (QED) is 0.912. The number of ether oxygens (including phenoxy) is 1. The van der Waals surface area contributed by atoms with Gasteiger partial charge in [-0.25, -0.2) is 0 Å². The molecule has 24 heavy (non-hydrogen) atoms. The third-order valence-electron chi connectivity index (χ3n) is 4.48. The molecule has 1 unspecified atom stereocenters. The van der Waals surface area contributed by atoms with Crippen molar-refractivity contribution in [2.75, 3.05) is 19.8 Å². The van der Waals surface area contributed by atoms with E-state index in [1.807, 2.05) is 6.92 Å². The van der Waals surface area contributed by atoms with Crippen molar-refractivity contribution in [2.24, 2.45) is 0 Å². The Bertz CT molecular complexity index is 563. The minimum absolute atomic E-state index is 0.0780. The molecule has 1 fully saturated rings. The van der Waals surface area contributed by atoms with E-state index < -0.39 is 11.8 Å². The molecule has 0 spiro atoms. The molecule has 1 aliphatic rings. The molecule has 1 heterocycles. The average Bonchev–Trinajstić information content (AvgIpc) is 2.55. The SMILES string of the molecule is CCN(C(=O)c1ccc(C(C)(O)C(F)(F)F)cc1)C1CCOCC1. The first kappa shape index (κ1) is 18.7. The zero-order chi connectivity index (χ0) is 18.0. The Morgan fingerprint density at radius 3 is 2.25 bits per heavy atom. The van der Waals surface area contributed by atoms with Crippen LogP contribution in [0.4, 0.5) is 13.2 Å². The zero-order valence-corrected chi connectivity index (χ0v) is 13.8. The Hall–Kier alpha value is -1.60. The van der Waals surface area contributed by atoms with E-state index in [2.05, 4.69) is 0 Å². The predicted molar refractivity (Wildman–Crippen MR) is 82.6 cm³/mol. The topological polar surface area (TPSA) is 49.8 Å². The molecule has 2 rings (SSSR count). The van der Waals surface area contributed by atoms with Crippen LogP contribution in [0.15, 0.2) is 24.3 Å². The van der Waals surface area contributed by atoms with Gasteiger partial charge in [-0.1, -0.05) is 12.1 Å². The largest absolute Gasteiger partial charge is 0.421 e. The van der Waals surface area contributed by atoms with Gasteiger partial charge in [0.05, 0.1) is 0 Å². The summed E-state index contributed by atoms with van der Waals surface area (Å²) < 4.78 is 43.9. The van der Waals surface area contributed by atoms with E-state index in [0.717, 1.165) is 25.0 Å². The van der Waals surface area contributed by atoms with E-state index in [1.165, 1.54) is 12.1 Å². The molecule has 1 N–H and O–H groups in total. The maximum Gasteiger partial charge on any atom is 0.421 e. The average molecular weight is 345 g/mol. The first-order valence-electron chi connectivity index (χ1n) is 7.97. The van der Waals surface area contributed by atoms with Crippen molar-refractivity contribution < 1.29 is 27.8 Å². The number of hydrogen-bond donors (Lipinski definition) is 1. The molecule has 0 aliphatic carbocycles. The fourth-order valence-corrected chi connectivity index (χ4v) is 2.83. The van der Waals surface area contributed by atoms with Gasteiger partial charge in [0.2, 0.25) is 0 Å². The fourth-order valence-electron chi connectivity index (χ4n) is 2.83. The van der Waals surface area contributed by atoms with Gasteiger partial charge in [-0.05, 0) is 44.4 Å². The van der Waals surface area contributed by atoms with Crippen molar-refractivity contribution >= 4 is 5.91 Å². The molecule has 4 nitrogen and oxygen atoms in total. The molecule has 0 saturated carbocycles. The number of halogens is 3. The monoisotopic (exact) mass is 345 g/mol. The molecule has 0 aromatic heterocycles. The van der Waals surface area contributed by atoms with Crippen LogP contribution in [0.1, 0.15) is 42.6 Å². The first-order valence-corrected chi connectivity index (χ1v) is 7.97. The second-order valence-electron chi connectivity index (χ2n) is 6.08. The van der Waals surface area contributed by atoms with E-state index in [4.69, 9.17) is 4.74 Å². The molecule has 1 amide bonds. The highest BCUT2D eigenvalue weighted by Gasteiger charge is 2.51. The highest BCUT2D eigenvalue weighted by molar-refractivity contribution is 5.94. The number of aliphatic hydroxyl groups is 1. The van der Waals surface area contributed by atoms with Crippen molar-refractivity contribution in [1.29, 1.82) is 0 Å². The Morgan fingerprint density at radius 1 is 1.25 bits per heavy atom. The number of hydrogen-bond acceptors (Lipinski definition) is 3. The summed E-state index contributed by atoms with van der Waals surface area (Å²) in [7, 11) is 0. The van der Waals surface area contributed by atoms with E-state index >= 15 is 0 Å². The second kappa shape index (κ2) is 7.11. The number of carbonyl (C=O) groups excluding carboxylic acids is 1. The predicted octanol–water partition coefficient (Wildman–Crippen LogP) is 3.10. The van der Waals surface area contributed by atoms with Gasteiger partial charge in [-0.2, -0.15) is 13.2 Å². The van der Waals surface area contributed by atoms with Gasteiger partial charge >= 0.3 is 6.18 Å². The number of amides is 1. The molecular formula is C17H22F3NO3. The minimum Gasteiger partial charge on any atom is -0.381 e. The van der Waals surface area contributed by atoms with Crippen molar-refractivity contribution in [1.82, 2.24) is 4.90 Å². The third kappa shape index (κ3) is 3.72. The van der Waals surface area contributed by atoms with Crippen LogP contribution >= 0.6 is 0 Å². The summed E-state index contributed by atoms with van der Waals surface area (Å²) in [6.07, 6.45) is -3.28. The summed E-state index contributed by atoms with van der Waals surface area (Å²) >= 11 is 0. The Kier molecular flexibility index (Phi) is 5.55. The lowest BCUT2D eigenvalue weighted by molar-refractivity contribution is -0.258. The third-order valence-corrected chi connectivity index (χ3v) is 4.48. The van der Waals surface area contributed by atoms with E-state index in [0.29, 0.717) is 32.2 Å². The summed E-state index contributed by atoms with van der Waals surface area (Å²) in [5, 5.41) is 9.68. The summed E-state index contributed by atoms with van der Waals surface area (Å²) in [6, 6.07) is 5.05. The highest BCUT2D eigenvalue weighted by Crippen LogP contribution is 2.38. The molecule has 0 bridgehead atoms. The van der Waals surface area contributed by atoms with Crippen LogP contribution in [0.2, 0.25) is 0 Å². The number of rotatable bonds is 4. The van der Waals surface area contributed by atoms with Gasteiger partial charge in [0.15, 0.2) is 5.60 Å². The van der Waals surface area contributed by atoms with Crippen LogP contribution < -0.4 is 0 Å². The normalized spacial score (nSPS) is 18.9. The Morgan fingerprint density at radius 2 is 1.79 bits per heavy atom. The number of benzene rings is 1. The van der Waals surface area contributed by atoms with E-state index in [1.54, 1.807) is 4.90 Å². The van der Waals surface area contributed by atoms with Crippen LogP contribution in [0, 0.1) is 0 Å². The molecule has 0 radical (unpaired) electrons. The lowest BCUT2D eigenvalue weighted by Crippen LogP contribution is -2.43. The molecule has 1 aromatic carbocycles. The van der Waals surface area contributed by atoms with Crippen molar-refractivity contribution in [3.63, 3.8) is 0 Å². The smallest absolute Gasteiger partial charge is 0.381 e. The lowest BCUT2D eigenvalue weighted by atomic mass is 9.94. The molecule has 7 heteroatoms. The van der Waals surface area contributed by atoms with Crippen LogP contribution in [-0.4, -0.2) is 47.9 Å². The Balaban J connectivity index is 2.18. The summed E-state index contributed by atoms with van der Waals surface area (Å²) in [5.41, 5.74) is -2.93. The van der Waals surface area contributed by atoms with Crippen molar-refractivity contribution in [3.8, 4) is 0 Å². The molecule has 1 saturated heterocycles. The molecular weight excluding hydrogens is 323 g/mol. The van der Waals surface area contributed by atoms with Crippen molar-refractivity contribution in [3.05, 3.63) is 35.4 Å². The van der Waals surface area contributed by atoms with Gasteiger partial charge < -0.3 is 14.7 Å². The van der Waals surface area contributed by atoms with Gasteiger partial charge in [0, 0.05) is 31.4 Å². The zero-order valence-electron chi connectivity index (χ0n) is 13.8. The molecule has 1 aromatic rings. The molecule has 1 atom stereocenters. The molecule has 1 aliphatic heterocycles. The van der Waals surface area contributed by atoms with Crippen LogP contribution in [-0.2, 0) is 10.3 Å². The first-order chi connectivity index (χ1) is 11.2. The second-order valence-corrected chi connectivity index (χ2v) is 6.08. The maximum atomic E-state index is 12.9. The van der Waals surface area contributed by atoms with E-state index in [-0.39, 0.29) is 17.5 Å². The number of nitrogens with zero attached hydrogens (tertiary/aromatic N) is 1. The van der Waals surface area contributed by atoms with Crippen LogP contribution in [0.3, 0.4) is 0 Å². The van der Waals surface area contributed by atoms with Gasteiger partial charge in [-0.15, -0.1) is 0 Å². The summed E-state index contributed by atoms with van der Waals surface area (Å²) in [6.45, 7) is 4.29. The lowest BCUT2D eigenvalue weighted by Gasteiger charge is -2.33. The van der Waals surface area contributed by atoms with Crippen LogP contribution in [0.25, 0.3) is 0 Å². The minimum atomic E-state index is -4.78. The number of carbonyl (C=O) groups is 1. The molecule has 134 valence electrons. The fraction of sp³-hybridized carbons (Fsp3) is 0.588. The van der Waals surface area contributed by atoms with Crippen LogP contribution in [0.5, 0.6) is 0 Å². The van der Waals surface area contributed by atoms with E-state index in [9.17, 15) is 23.1 Å². The van der Waals surface area contributed by atoms with Gasteiger partial charge in [0.1, 0.15) is 0 Å². The highest BCUT2D eigenvalue weighted by atomic mass is 19.4.